The lowest BCUT2D eigenvalue weighted by Crippen LogP contribution is -2.43. The molecule has 0 bridgehead atoms. The van der Waals surface area contributed by atoms with Gasteiger partial charge in [-0.2, -0.15) is 11.3 Å². The molecule has 1 atom stereocenters. The highest BCUT2D eigenvalue weighted by molar-refractivity contribution is 7.07. The molecular weight excluding hydrogens is 330 g/mol. The molecule has 0 spiro atoms. The van der Waals surface area contributed by atoms with Crippen molar-refractivity contribution in [2.24, 2.45) is 0 Å². The predicted octanol–water partition coefficient (Wildman–Crippen LogP) is 1.77. The van der Waals surface area contributed by atoms with Gasteiger partial charge in [-0.3, -0.25) is 14.5 Å². The molecule has 1 aliphatic rings. The first-order valence-electron chi connectivity index (χ1n) is 7.35. The van der Waals surface area contributed by atoms with Crippen molar-refractivity contribution in [2.75, 3.05) is 13.6 Å². The zero-order chi connectivity index (χ0) is 17.3. The van der Waals surface area contributed by atoms with E-state index in [0.717, 1.165) is 10.5 Å². The monoisotopic (exact) mass is 347 g/mol. The highest BCUT2D eigenvalue weighted by atomic mass is 32.1. The van der Waals surface area contributed by atoms with Gasteiger partial charge in [-0.25, -0.2) is 4.79 Å². The van der Waals surface area contributed by atoms with Crippen LogP contribution in [0.3, 0.4) is 0 Å². The van der Waals surface area contributed by atoms with Gasteiger partial charge in [0.2, 0.25) is 5.91 Å². The van der Waals surface area contributed by atoms with Crippen molar-refractivity contribution in [2.45, 2.75) is 19.0 Å². The lowest BCUT2D eigenvalue weighted by Gasteiger charge is -2.21. The molecule has 126 valence electrons. The summed E-state index contributed by atoms with van der Waals surface area (Å²) in [6.45, 7) is 1.69. The molecule has 24 heavy (non-hydrogen) atoms. The van der Waals surface area contributed by atoms with E-state index in [9.17, 15) is 14.4 Å². The number of rotatable bonds is 5. The summed E-state index contributed by atoms with van der Waals surface area (Å²) in [5.41, 5.74) is -0.277. The van der Waals surface area contributed by atoms with E-state index in [4.69, 9.17) is 4.42 Å². The topological polar surface area (TPSA) is 82.9 Å². The smallest absolute Gasteiger partial charge is 0.325 e. The summed E-state index contributed by atoms with van der Waals surface area (Å²) in [4.78, 5) is 39.5. The molecule has 2 aromatic heterocycles. The summed E-state index contributed by atoms with van der Waals surface area (Å²) in [7, 11) is 1.64. The summed E-state index contributed by atoms with van der Waals surface area (Å²) in [5, 5.41) is 6.48. The summed E-state index contributed by atoms with van der Waals surface area (Å²) in [5.74, 6) is -0.476. The van der Waals surface area contributed by atoms with Crippen molar-refractivity contribution in [1.82, 2.24) is 15.1 Å². The minimum atomic E-state index is -1.28. The number of carbonyl (C=O) groups is 3. The second kappa shape index (κ2) is 6.12. The maximum Gasteiger partial charge on any atom is 0.325 e. The average molecular weight is 347 g/mol. The largest absolute Gasteiger partial charge is 0.466 e. The number of likely N-dealkylation sites (N-methyl/N-ethyl adjacent to an activating group) is 1. The van der Waals surface area contributed by atoms with Gasteiger partial charge in [0, 0.05) is 13.6 Å². The predicted molar refractivity (Wildman–Crippen MR) is 87.1 cm³/mol. The second-order valence-corrected chi connectivity index (χ2v) is 6.59. The van der Waals surface area contributed by atoms with Crippen LogP contribution in [-0.4, -0.2) is 41.2 Å². The minimum Gasteiger partial charge on any atom is -0.466 e. The maximum absolute atomic E-state index is 12.6. The van der Waals surface area contributed by atoms with E-state index in [1.807, 2.05) is 16.8 Å². The third-order valence-electron chi connectivity index (χ3n) is 4.01. The second-order valence-electron chi connectivity index (χ2n) is 5.81. The van der Waals surface area contributed by atoms with Gasteiger partial charge in [0.15, 0.2) is 5.54 Å². The Morgan fingerprint density at radius 2 is 2.21 bits per heavy atom. The molecular formula is C16H17N3O4S. The zero-order valence-electron chi connectivity index (χ0n) is 13.3. The highest BCUT2D eigenvalue weighted by Gasteiger charge is 2.51. The van der Waals surface area contributed by atoms with Gasteiger partial charge in [-0.05, 0) is 41.4 Å². The van der Waals surface area contributed by atoms with E-state index in [1.54, 1.807) is 37.4 Å². The van der Waals surface area contributed by atoms with Crippen LogP contribution in [0.5, 0.6) is 0 Å². The van der Waals surface area contributed by atoms with Crippen molar-refractivity contribution in [3.63, 3.8) is 0 Å². The standard InChI is InChI=1S/C16H17N3O4S/c1-16(12-4-3-6-23-12)14(21)19(15(22)17-16)9-13(20)18(2)8-11-5-7-24-10-11/h3-7,10H,8-9H2,1-2H3,(H,17,22). The molecule has 2 aromatic rings. The summed E-state index contributed by atoms with van der Waals surface area (Å²) < 4.78 is 5.25. The third-order valence-corrected chi connectivity index (χ3v) is 4.74. The highest BCUT2D eigenvalue weighted by Crippen LogP contribution is 2.29. The molecule has 1 N–H and O–H groups in total. The van der Waals surface area contributed by atoms with Crippen LogP contribution in [-0.2, 0) is 21.7 Å². The van der Waals surface area contributed by atoms with Crippen LogP contribution in [0.15, 0.2) is 39.6 Å². The number of thiophene rings is 1. The number of urea groups is 1. The maximum atomic E-state index is 12.6. The summed E-state index contributed by atoms with van der Waals surface area (Å²) in [6.07, 6.45) is 1.43. The molecule has 1 aliphatic heterocycles. The van der Waals surface area contributed by atoms with Gasteiger partial charge in [0.25, 0.3) is 5.91 Å². The van der Waals surface area contributed by atoms with Crippen molar-refractivity contribution in [1.29, 1.82) is 0 Å². The molecule has 0 aromatic carbocycles. The number of amides is 4. The van der Waals surface area contributed by atoms with Gasteiger partial charge in [0.1, 0.15) is 12.3 Å². The van der Waals surface area contributed by atoms with E-state index >= 15 is 0 Å². The fraction of sp³-hybridized carbons (Fsp3) is 0.312. The molecule has 4 amide bonds. The van der Waals surface area contributed by atoms with Crippen LogP contribution < -0.4 is 5.32 Å². The number of hydrogen-bond acceptors (Lipinski definition) is 5. The Morgan fingerprint density at radius 1 is 1.42 bits per heavy atom. The van der Waals surface area contributed by atoms with Gasteiger partial charge < -0.3 is 14.6 Å². The first-order valence-corrected chi connectivity index (χ1v) is 8.29. The number of hydrogen-bond donors (Lipinski definition) is 1. The molecule has 0 radical (unpaired) electrons. The van der Waals surface area contributed by atoms with Crippen LogP contribution in [0, 0.1) is 0 Å². The molecule has 3 heterocycles. The first kappa shape index (κ1) is 16.3. The molecule has 1 unspecified atom stereocenters. The Balaban J connectivity index is 1.70. The molecule has 3 rings (SSSR count). The first-order chi connectivity index (χ1) is 11.4. The van der Waals surface area contributed by atoms with Crippen LogP contribution >= 0.6 is 11.3 Å². The van der Waals surface area contributed by atoms with Gasteiger partial charge >= 0.3 is 6.03 Å². The van der Waals surface area contributed by atoms with E-state index in [-0.39, 0.29) is 12.5 Å². The summed E-state index contributed by atoms with van der Waals surface area (Å²) in [6, 6.07) is 4.58. The van der Waals surface area contributed by atoms with Gasteiger partial charge in [-0.15, -0.1) is 0 Å². The number of furan rings is 1. The van der Waals surface area contributed by atoms with Crippen molar-refractivity contribution in [3.05, 3.63) is 46.5 Å². The quantitative estimate of drug-likeness (QED) is 0.836. The van der Waals surface area contributed by atoms with Crippen molar-refractivity contribution in [3.8, 4) is 0 Å². The van der Waals surface area contributed by atoms with E-state index in [2.05, 4.69) is 5.32 Å². The number of nitrogens with one attached hydrogen (secondary N) is 1. The van der Waals surface area contributed by atoms with Crippen molar-refractivity contribution >= 4 is 29.2 Å². The Morgan fingerprint density at radius 3 is 2.83 bits per heavy atom. The molecule has 1 fully saturated rings. The van der Waals surface area contributed by atoms with E-state index in [0.29, 0.717) is 12.3 Å². The Labute approximate surface area is 142 Å². The Bertz CT molecular complexity index is 756. The molecule has 7 nitrogen and oxygen atoms in total. The number of carbonyl (C=O) groups excluding carboxylic acids is 3. The van der Waals surface area contributed by atoms with Crippen LogP contribution in [0.25, 0.3) is 0 Å². The van der Waals surface area contributed by atoms with E-state index in [1.165, 1.54) is 11.2 Å². The number of imide groups is 1. The van der Waals surface area contributed by atoms with Gasteiger partial charge in [0.05, 0.1) is 6.26 Å². The molecule has 8 heteroatoms. The summed E-state index contributed by atoms with van der Waals surface area (Å²) >= 11 is 1.55. The zero-order valence-corrected chi connectivity index (χ0v) is 14.1. The van der Waals surface area contributed by atoms with E-state index < -0.39 is 17.5 Å². The Kier molecular flexibility index (Phi) is 4.15. The Hall–Kier alpha value is -2.61. The minimum absolute atomic E-state index is 0.304. The lowest BCUT2D eigenvalue weighted by atomic mass is 9.99. The van der Waals surface area contributed by atoms with Crippen LogP contribution in [0.1, 0.15) is 18.2 Å². The normalized spacial score (nSPS) is 20.3. The average Bonchev–Trinajstić information content (AvgIpc) is 3.27. The fourth-order valence-corrected chi connectivity index (χ4v) is 3.23. The molecule has 0 saturated carbocycles. The molecule has 0 aliphatic carbocycles. The third kappa shape index (κ3) is 2.80. The number of nitrogens with zero attached hydrogens (tertiary/aromatic N) is 2. The lowest BCUT2D eigenvalue weighted by molar-refractivity contribution is -0.138. The van der Waals surface area contributed by atoms with Crippen molar-refractivity contribution < 1.29 is 18.8 Å². The van der Waals surface area contributed by atoms with Crippen LogP contribution in [0.2, 0.25) is 0 Å². The molecule has 1 saturated heterocycles. The fourth-order valence-electron chi connectivity index (χ4n) is 2.57. The SMILES string of the molecule is CN(Cc1ccsc1)C(=O)CN1C(=O)NC(C)(c2ccco2)C1=O. The van der Waals surface area contributed by atoms with Crippen LogP contribution in [0.4, 0.5) is 4.79 Å². The van der Waals surface area contributed by atoms with Gasteiger partial charge in [-0.1, -0.05) is 0 Å².